The summed E-state index contributed by atoms with van der Waals surface area (Å²) in [5.74, 6) is -0.986. The zero-order valence-electron chi connectivity index (χ0n) is 17.9. The summed E-state index contributed by atoms with van der Waals surface area (Å²) in [6.45, 7) is 3.47. The third-order valence-electron chi connectivity index (χ3n) is 4.82. The monoisotopic (exact) mass is 448 g/mol. The van der Waals surface area contributed by atoms with Crippen LogP contribution in [-0.4, -0.2) is 37.1 Å². The summed E-state index contributed by atoms with van der Waals surface area (Å²) in [4.78, 5) is 33.3. The molecule has 9 nitrogen and oxygen atoms in total. The average Bonchev–Trinajstić information content (AvgIpc) is 3.45. The standard InChI is InChI=1S/C23H21FN6O3/c1-23(2,28-20(31)18-12-25-14-33-18)21(32)27-22-26-19(16-8-10-17(24)11-9-16)30(29-22)13-15-6-4-3-5-7-15/h3-12,14H,13H2,1-2H3,(H,28,31)(H,27,29,32). The van der Waals surface area contributed by atoms with Gasteiger partial charge in [0.1, 0.15) is 11.4 Å². The van der Waals surface area contributed by atoms with Gasteiger partial charge in [-0.25, -0.2) is 14.1 Å². The van der Waals surface area contributed by atoms with Gasteiger partial charge in [0, 0.05) is 5.56 Å². The Bertz CT molecular complexity index is 1250. The number of amides is 2. The maximum Gasteiger partial charge on any atom is 0.289 e. The Labute approximate surface area is 188 Å². The van der Waals surface area contributed by atoms with Crippen LogP contribution in [0.25, 0.3) is 11.4 Å². The Hall–Kier alpha value is -4.34. The normalized spacial score (nSPS) is 11.2. The van der Waals surface area contributed by atoms with Crippen molar-refractivity contribution in [2.24, 2.45) is 0 Å². The smallest absolute Gasteiger partial charge is 0.289 e. The lowest BCUT2D eigenvalue weighted by Gasteiger charge is -2.23. The molecule has 0 saturated heterocycles. The number of anilines is 1. The molecule has 0 fully saturated rings. The molecule has 0 bridgehead atoms. The fraction of sp³-hybridized carbons (Fsp3) is 0.174. The van der Waals surface area contributed by atoms with Crippen molar-refractivity contribution in [3.63, 3.8) is 0 Å². The van der Waals surface area contributed by atoms with Crippen LogP contribution < -0.4 is 10.6 Å². The molecule has 2 aromatic heterocycles. The molecule has 0 aliphatic carbocycles. The molecule has 33 heavy (non-hydrogen) atoms. The molecule has 0 unspecified atom stereocenters. The Morgan fingerprint density at radius 3 is 2.48 bits per heavy atom. The van der Waals surface area contributed by atoms with Crippen LogP contribution in [-0.2, 0) is 11.3 Å². The van der Waals surface area contributed by atoms with Crippen LogP contribution in [0.5, 0.6) is 0 Å². The lowest BCUT2D eigenvalue weighted by atomic mass is 10.0. The highest BCUT2D eigenvalue weighted by atomic mass is 19.1. The van der Waals surface area contributed by atoms with Crippen LogP contribution in [0.4, 0.5) is 10.3 Å². The molecular weight excluding hydrogens is 427 g/mol. The minimum atomic E-state index is -1.30. The summed E-state index contributed by atoms with van der Waals surface area (Å²) in [7, 11) is 0. The number of carbonyl (C=O) groups is 2. The van der Waals surface area contributed by atoms with Crippen molar-refractivity contribution in [1.82, 2.24) is 25.1 Å². The molecule has 0 atom stereocenters. The Morgan fingerprint density at radius 2 is 1.82 bits per heavy atom. The van der Waals surface area contributed by atoms with Gasteiger partial charge in [-0.05, 0) is 43.7 Å². The fourth-order valence-corrected chi connectivity index (χ4v) is 3.06. The SMILES string of the molecule is CC(C)(NC(=O)c1cnco1)C(=O)Nc1nc(-c2ccc(F)cc2)n(Cc2ccccc2)n1. The molecule has 2 aromatic carbocycles. The quantitative estimate of drug-likeness (QED) is 0.448. The molecule has 0 radical (unpaired) electrons. The maximum absolute atomic E-state index is 13.4. The summed E-state index contributed by atoms with van der Waals surface area (Å²) in [5, 5.41) is 9.66. The van der Waals surface area contributed by atoms with Crippen LogP contribution in [0.2, 0.25) is 0 Å². The summed E-state index contributed by atoms with van der Waals surface area (Å²) in [5.41, 5.74) is 0.312. The first-order valence-electron chi connectivity index (χ1n) is 10.1. The number of hydrogen-bond acceptors (Lipinski definition) is 6. The van der Waals surface area contributed by atoms with Crippen molar-refractivity contribution in [3.8, 4) is 11.4 Å². The first-order chi connectivity index (χ1) is 15.8. The zero-order valence-corrected chi connectivity index (χ0v) is 17.9. The highest BCUT2D eigenvalue weighted by Gasteiger charge is 2.32. The van der Waals surface area contributed by atoms with E-state index in [1.807, 2.05) is 30.3 Å². The topological polar surface area (TPSA) is 115 Å². The number of rotatable bonds is 7. The second-order valence-electron chi connectivity index (χ2n) is 7.81. The largest absolute Gasteiger partial charge is 0.438 e. The van der Waals surface area contributed by atoms with Crippen LogP contribution >= 0.6 is 0 Å². The summed E-state index contributed by atoms with van der Waals surface area (Å²) in [6.07, 6.45) is 2.38. The van der Waals surface area contributed by atoms with E-state index in [0.29, 0.717) is 17.9 Å². The molecule has 4 aromatic rings. The van der Waals surface area contributed by atoms with Gasteiger partial charge in [0.25, 0.3) is 11.8 Å². The Morgan fingerprint density at radius 1 is 1.09 bits per heavy atom. The molecule has 0 aliphatic rings. The lowest BCUT2D eigenvalue weighted by molar-refractivity contribution is -0.121. The molecular formula is C23H21FN6O3. The van der Waals surface area contributed by atoms with E-state index in [9.17, 15) is 14.0 Å². The summed E-state index contributed by atoms with van der Waals surface area (Å²) < 4.78 is 20.0. The summed E-state index contributed by atoms with van der Waals surface area (Å²) >= 11 is 0. The predicted molar refractivity (Wildman–Crippen MR) is 118 cm³/mol. The predicted octanol–water partition coefficient (Wildman–Crippen LogP) is 3.27. The van der Waals surface area contributed by atoms with E-state index in [4.69, 9.17) is 4.42 Å². The molecule has 168 valence electrons. The molecule has 2 heterocycles. The van der Waals surface area contributed by atoms with Gasteiger partial charge in [0.15, 0.2) is 12.2 Å². The molecule has 0 spiro atoms. The number of nitrogens with zero attached hydrogens (tertiary/aromatic N) is 4. The van der Waals surface area contributed by atoms with Gasteiger partial charge in [-0.3, -0.25) is 14.9 Å². The average molecular weight is 448 g/mol. The van der Waals surface area contributed by atoms with Crippen LogP contribution in [0.1, 0.15) is 30.0 Å². The maximum atomic E-state index is 13.4. The molecule has 4 rings (SSSR count). The molecule has 10 heteroatoms. The van der Waals surface area contributed by atoms with Gasteiger partial charge in [0.2, 0.25) is 11.7 Å². The lowest BCUT2D eigenvalue weighted by Crippen LogP contribution is -2.52. The van der Waals surface area contributed by atoms with Crippen LogP contribution in [0, 0.1) is 5.82 Å². The number of halogens is 1. The van der Waals surface area contributed by atoms with Crippen molar-refractivity contribution in [2.45, 2.75) is 25.9 Å². The first-order valence-corrected chi connectivity index (χ1v) is 10.1. The van der Waals surface area contributed by atoms with Crippen molar-refractivity contribution in [2.75, 3.05) is 5.32 Å². The van der Waals surface area contributed by atoms with Gasteiger partial charge >= 0.3 is 0 Å². The second-order valence-corrected chi connectivity index (χ2v) is 7.81. The van der Waals surface area contributed by atoms with E-state index >= 15 is 0 Å². The van der Waals surface area contributed by atoms with E-state index < -0.39 is 17.4 Å². The zero-order chi connectivity index (χ0) is 23.4. The van der Waals surface area contributed by atoms with Gasteiger partial charge in [-0.15, -0.1) is 5.10 Å². The first kappa shape index (κ1) is 21.9. The van der Waals surface area contributed by atoms with Gasteiger partial charge in [0.05, 0.1) is 12.7 Å². The highest BCUT2D eigenvalue weighted by Crippen LogP contribution is 2.21. The van der Waals surface area contributed by atoms with Gasteiger partial charge in [-0.2, -0.15) is 4.98 Å². The van der Waals surface area contributed by atoms with Crippen molar-refractivity contribution in [1.29, 1.82) is 0 Å². The molecule has 0 saturated carbocycles. The Balaban J connectivity index is 1.58. The number of benzene rings is 2. The highest BCUT2D eigenvalue weighted by molar-refractivity contribution is 6.01. The van der Waals surface area contributed by atoms with Gasteiger partial charge in [-0.1, -0.05) is 30.3 Å². The number of hydrogen-bond donors (Lipinski definition) is 2. The minimum absolute atomic E-state index is 0.0141. The van der Waals surface area contributed by atoms with E-state index in [2.05, 4.69) is 25.7 Å². The fourth-order valence-electron chi connectivity index (χ4n) is 3.06. The number of nitrogens with one attached hydrogen (secondary N) is 2. The van der Waals surface area contributed by atoms with E-state index in [1.54, 1.807) is 30.7 Å². The van der Waals surface area contributed by atoms with Crippen molar-refractivity contribution < 1.29 is 18.4 Å². The third-order valence-corrected chi connectivity index (χ3v) is 4.82. The van der Waals surface area contributed by atoms with Crippen molar-refractivity contribution >= 4 is 17.8 Å². The van der Waals surface area contributed by atoms with E-state index in [0.717, 1.165) is 12.0 Å². The summed E-state index contributed by atoms with van der Waals surface area (Å²) in [6, 6.07) is 15.5. The van der Waals surface area contributed by atoms with Gasteiger partial charge < -0.3 is 9.73 Å². The van der Waals surface area contributed by atoms with Crippen LogP contribution in [0.3, 0.4) is 0 Å². The van der Waals surface area contributed by atoms with Crippen molar-refractivity contribution in [3.05, 3.63) is 84.3 Å². The third kappa shape index (κ3) is 5.12. The number of aromatic nitrogens is 4. The van der Waals surface area contributed by atoms with E-state index in [1.165, 1.54) is 18.3 Å². The number of carbonyl (C=O) groups excluding carboxylic acids is 2. The second kappa shape index (κ2) is 9.03. The minimum Gasteiger partial charge on any atom is -0.438 e. The number of oxazole rings is 1. The molecule has 2 amide bonds. The van der Waals surface area contributed by atoms with Crippen LogP contribution in [0.15, 0.2) is 71.6 Å². The molecule has 0 aliphatic heterocycles. The molecule has 2 N–H and O–H groups in total. The Kier molecular flexibility index (Phi) is 5.99. The van der Waals surface area contributed by atoms with E-state index in [-0.39, 0.29) is 17.5 Å².